The fourth-order valence-electron chi connectivity index (χ4n) is 4.40. The molecule has 2 bridgehead atoms. The number of aromatic nitrogens is 1. The Morgan fingerprint density at radius 3 is 2.85 bits per heavy atom. The fourth-order valence-corrected chi connectivity index (χ4v) is 5.01. The van der Waals surface area contributed by atoms with E-state index in [1.165, 1.54) is 0 Å². The minimum absolute atomic E-state index is 0.0283. The van der Waals surface area contributed by atoms with Gasteiger partial charge in [-0.2, -0.15) is 0 Å². The number of rotatable bonds is 3. The predicted octanol–water partition coefficient (Wildman–Crippen LogP) is 1.99. The van der Waals surface area contributed by atoms with Crippen LogP contribution in [0.15, 0.2) is 17.5 Å². The van der Waals surface area contributed by atoms with Crippen molar-refractivity contribution in [3.8, 4) is 0 Å². The SMILES string of the molecule is Cc1nc(CN(C)C(=O)[C@H]2[C@@H]3C=C[C@@]4(CN(C(C)(C)C)C(=O)[C@H]24)O3)cs1. The molecule has 0 aromatic carbocycles. The first-order chi connectivity index (χ1) is 12.1. The number of thiazole rings is 1. The van der Waals surface area contributed by atoms with Crippen molar-refractivity contribution in [2.45, 2.75) is 51.5 Å². The highest BCUT2D eigenvalue weighted by molar-refractivity contribution is 7.09. The van der Waals surface area contributed by atoms with Gasteiger partial charge in [0, 0.05) is 18.0 Å². The summed E-state index contributed by atoms with van der Waals surface area (Å²) in [6.07, 6.45) is 3.65. The van der Waals surface area contributed by atoms with Crippen LogP contribution in [-0.4, -0.2) is 57.4 Å². The summed E-state index contributed by atoms with van der Waals surface area (Å²) in [5.41, 5.74) is -0.0528. The first-order valence-electron chi connectivity index (χ1n) is 8.97. The number of aryl methyl sites for hydroxylation is 1. The van der Waals surface area contributed by atoms with Crippen LogP contribution in [0.1, 0.15) is 31.5 Å². The number of ether oxygens (including phenoxy) is 1. The molecule has 4 heterocycles. The van der Waals surface area contributed by atoms with Crippen molar-refractivity contribution < 1.29 is 14.3 Å². The number of likely N-dealkylation sites (tertiary alicyclic amines) is 1. The van der Waals surface area contributed by atoms with Crippen LogP contribution in [0.4, 0.5) is 0 Å². The molecule has 2 fully saturated rings. The van der Waals surface area contributed by atoms with E-state index in [-0.39, 0.29) is 23.5 Å². The number of hydrogen-bond acceptors (Lipinski definition) is 5. The summed E-state index contributed by atoms with van der Waals surface area (Å²) in [5, 5.41) is 2.96. The van der Waals surface area contributed by atoms with Crippen LogP contribution < -0.4 is 0 Å². The largest absolute Gasteiger partial charge is 0.360 e. The Morgan fingerprint density at radius 1 is 1.50 bits per heavy atom. The van der Waals surface area contributed by atoms with Crippen molar-refractivity contribution in [2.24, 2.45) is 11.8 Å². The van der Waals surface area contributed by atoms with E-state index in [9.17, 15) is 9.59 Å². The molecule has 1 aromatic heterocycles. The van der Waals surface area contributed by atoms with Gasteiger partial charge in [0.15, 0.2) is 0 Å². The van der Waals surface area contributed by atoms with Crippen molar-refractivity contribution in [1.29, 1.82) is 0 Å². The van der Waals surface area contributed by atoms with Gasteiger partial charge < -0.3 is 14.5 Å². The van der Waals surface area contributed by atoms with Crippen LogP contribution >= 0.6 is 11.3 Å². The van der Waals surface area contributed by atoms with Crippen molar-refractivity contribution in [2.75, 3.05) is 13.6 Å². The second-order valence-electron chi connectivity index (χ2n) is 8.55. The average molecular weight is 375 g/mol. The van der Waals surface area contributed by atoms with Gasteiger partial charge >= 0.3 is 0 Å². The second kappa shape index (κ2) is 5.63. The molecule has 140 valence electrons. The lowest BCUT2D eigenvalue weighted by Gasteiger charge is -2.34. The molecule has 2 amide bonds. The Bertz CT molecular complexity index is 796. The Morgan fingerprint density at radius 2 is 2.23 bits per heavy atom. The van der Waals surface area contributed by atoms with Crippen LogP contribution in [0.5, 0.6) is 0 Å². The summed E-state index contributed by atoms with van der Waals surface area (Å²) in [6, 6.07) is 0. The quantitative estimate of drug-likeness (QED) is 0.758. The molecule has 2 saturated heterocycles. The zero-order valence-corrected chi connectivity index (χ0v) is 16.7. The summed E-state index contributed by atoms with van der Waals surface area (Å²) in [4.78, 5) is 34.3. The predicted molar refractivity (Wildman–Crippen MR) is 98.5 cm³/mol. The van der Waals surface area contributed by atoms with Crippen molar-refractivity contribution in [3.05, 3.63) is 28.2 Å². The summed E-state index contributed by atoms with van der Waals surface area (Å²) in [7, 11) is 1.78. The van der Waals surface area contributed by atoms with E-state index < -0.39 is 17.4 Å². The zero-order chi connectivity index (χ0) is 18.9. The Hall–Kier alpha value is -1.73. The first kappa shape index (κ1) is 17.7. The minimum atomic E-state index is -0.645. The molecule has 26 heavy (non-hydrogen) atoms. The molecule has 0 aliphatic carbocycles. The maximum Gasteiger partial charge on any atom is 0.230 e. The number of hydrogen-bond donors (Lipinski definition) is 0. The van der Waals surface area contributed by atoms with Crippen molar-refractivity contribution in [3.63, 3.8) is 0 Å². The van der Waals surface area contributed by atoms with Gasteiger partial charge in [-0.25, -0.2) is 4.98 Å². The van der Waals surface area contributed by atoms with Gasteiger partial charge in [-0.05, 0) is 27.7 Å². The normalized spacial score (nSPS) is 32.4. The van der Waals surface area contributed by atoms with E-state index in [1.54, 1.807) is 23.3 Å². The fraction of sp³-hybridized carbons (Fsp3) is 0.632. The maximum atomic E-state index is 13.2. The third-order valence-electron chi connectivity index (χ3n) is 5.64. The van der Waals surface area contributed by atoms with Crippen LogP contribution in [0, 0.1) is 18.8 Å². The smallest absolute Gasteiger partial charge is 0.230 e. The van der Waals surface area contributed by atoms with E-state index in [0.717, 1.165) is 10.7 Å². The van der Waals surface area contributed by atoms with Crippen LogP contribution in [0.2, 0.25) is 0 Å². The Labute approximate surface area is 157 Å². The molecular formula is C19H25N3O3S. The van der Waals surface area contributed by atoms with Crippen molar-refractivity contribution >= 4 is 23.2 Å². The lowest BCUT2D eigenvalue weighted by atomic mass is 9.76. The molecule has 1 aromatic rings. The monoisotopic (exact) mass is 375 g/mol. The third-order valence-corrected chi connectivity index (χ3v) is 6.46. The highest BCUT2D eigenvalue weighted by Crippen LogP contribution is 2.53. The molecule has 1 spiro atoms. The van der Waals surface area contributed by atoms with E-state index in [1.807, 2.05) is 50.1 Å². The van der Waals surface area contributed by atoms with Gasteiger partial charge in [0.05, 0.1) is 41.7 Å². The third kappa shape index (κ3) is 2.52. The van der Waals surface area contributed by atoms with Gasteiger partial charge in [0.25, 0.3) is 0 Å². The Kier molecular flexibility index (Phi) is 3.83. The maximum absolute atomic E-state index is 13.2. The first-order valence-corrected chi connectivity index (χ1v) is 9.85. The van der Waals surface area contributed by atoms with Gasteiger partial charge in [-0.3, -0.25) is 9.59 Å². The molecule has 0 saturated carbocycles. The molecule has 0 radical (unpaired) electrons. The summed E-state index contributed by atoms with van der Waals surface area (Å²) in [5.74, 6) is -0.894. The standard InChI is InChI=1S/C19H25N3O3S/c1-11-20-12(9-26-11)8-21(5)16(23)14-13-6-7-19(25-13)10-22(18(2,3)4)17(24)15(14)19/h6-7,9,13-15H,8,10H2,1-5H3/t13-,14-,15-,19-/m0/s1. The van der Waals surface area contributed by atoms with Crippen LogP contribution in [0.3, 0.4) is 0 Å². The number of amides is 2. The molecule has 3 aliphatic rings. The zero-order valence-electron chi connectivity index (χ0n) is 15.9. The number of carbonyl (C=O) groups is 2. The Balaban J connectivity index is 1.58. The number of nitrogens with zero attached hydrogens (tertiary/aromatic N) is 3. The highest BCUT2D eigenvalue weighted by Gasteiger charge is 2.68. The number of fused-ring (bicyclic) bond motifs is 1. The molecular weight excluding hydrogens is 350 g/mol. The molecule has 3 aliphatic heterocycles. The minimum Gasteiger partial charge on any atom is -0.360 e. The lowest BCUT2D eigenvalue weighted by Crippen LogP contribution is -2.47. The molecule has 4 rings (SSSR count). The highest BCUT2D eigenvalue weighted by atomic mass is 32.1. The van der Waals surface area contributed by atoms with E-state index in [2.05, 4.69) is 4.98 Å². The summed E-state index contributed by atoms with van der Waals surface area (Å²) in [6.45, 7) is 8.98. The molecule has 7 heteroatoms. The lowest BCUT2D eigenvalue weighted by molar-refractivity contribution is -0.144. The van der Waals surface area contributed by atoms with Gasteiger partial charge in [0.1, 0.15) is 5.60 Å². The van der Waals surface area contributed by atoms with E-state index in [4.69, 9.17) is 4.74 Å². The topological polar surface area (TPSA) is 62.7 Å². The van der Waals surface area contributed by atoms with Crippen molar-refractivity contribution in [1.82, 2.24) is 14.8 Å². The molecule has 6 nitrogen and oxygen atoms in total. The van der Waals surface area contributed by atoms with E-state index >= 15 is 0 Å². The molecule has 0 N–H and O–H groups in total. The summed E-state index contributed by atoms with van der Waals surface area (Å²) >= 11 is 1.57. The summed E-state index contributed by atoms with van der Waals surface area (Å²) < 4.78 is 6.18. The average Bonchev–Trinajstić information content (AvgIpc) is 3.27. The van der Waals surface area contributed by atoms with Crippen LogP contribution in [0.25, 0.3) is 0 Å². The van der Waals surface area contributed by atoms with Gasteiger partial charge in [-0.1, -0.05) is 12.2 Å². The van der Waals surface area contributed by atoms with E-state index in [0.29, 0.717) is 13.1 Å². The molecule has 0 unspecified atom stereocenters. The molecule has 4 atom stereocenters. The van der Waals surface area contributed by atoms with Gasteiger partial charge in [-0.15, -0.1) is 11.3 Å². The van der Waals surface area contributed by atoms with Crippen LogP contribution in [-0.2, 0) is 20.9 Å². The second-order valence-corrected chi connectivity index (χ2v) is 9.61. The number of carbonyl (C=O) groups excluding carboxylic acids is 2. The van der Waals surface area contributed by atoms with Gasteiger partial charge in [0.2, 0.25) is 11.8 Å².